The second-order valence-corrected chi connectivity index (χ2v) is 6.30. The van der Waals surface area contributed by atoms with Gasteiger partial charge in [0.1, 0.15) is 5.75 Å². The number of alkyl halides is 6. The Hall–Kier alpha value is -2.68. The molecule has 10 heteroatoms. The zero-order valence-corrected chi connectivity index (χ0v) is 14.3. The van der Waals surface area contributed by atoms with Crippen molar-refractivity contribution >= 4 is 23.6 Å². The predicted molar refractivity (Wildman–Crippen MR) is 88.0 cm³/mol. The van der Waals surface area contributed by atoms with Gasteiger partial charge in [-0.15, -0.1) is 0 Å². The predicted octanol–water partition coefficient (Wildman–Crippen LogP) is 5.82. The Balaban J connectivity index is 2.07. The monoisotopic (exact) mass is 422 g/mol. The largest absolute Gasteiger partial charge is 0.478 e. The van der Waals surface area contributed by atoms with E-state index in [1.54, 1.807) is 0 Å². The Morgan fingerprint density at radius 1 is 1.00 bits per heavy atom. The van der Waals surface area contributed by atoms with Crippen LogP contribution in [0.2, 0.25) is 5.02 Å². The second kappa shape index (κ2) is 6.73. The van der Waals surface area contributed by atoms with E-state index in [2.05, 4.69) is 0 Å². The number of carboxylic acid groups (broad SMARTS) is 1. The third-order valence-corrected chi connectivity index (χ3v) is 4.27. The van der Waals surface area contributed by atoms with Crippen molar-refractivity contribution in [3.8, 4) is 16.9 Å². The minimum absolute atomic E-state index is 0.0275. The average Bonchev–Trinajstić information content (AvgIpc) is 2.59. The van der Waals surface area contributed by atoms with Gasteiger partial charge < -0.3 is 9.84 Å². The SMILES string of the molecule is O=C(O)C1=Cc2cc(-c3ccc(C(F)(F)F)cc3)cc(Cl)c2OC1C(F)(F)F. The average molecular weight is 423 g/mol. The number of carboxylic acids is 1. The topological polar surface area (TPSA) is 46.5 Å². The van der Waals surface area contributed by atoms with Crippen molar-refractivity contribution in [2.24, 2.45) is 0 Å². The lowest BCUT2D eigenvalue weighted by atomic mass is 9.96. The zero-order valence-electron chi connectivity index (χ0n) is 13.5. The molecule has 2 aromatic rings. The summed E-state index contributed by atoms with van der Waals surface area (Å²) in [7, 11) is 0. The molecule has 3 rings (SSSR count). The highest BCUT2D eigenvalue weighted by Gasteiger charge is 2.48. The van der Waals surface area contributed by atoms with Gasteiger partial charge >= 0.3 is 18.3 Å². The molecule has 1 unspecified atom stereocenters. The van der Waals surface area contributed by atoms with Gasteiger partial charge in [-0.2, -0.15) is 26.3 Å². The van der Waals surface area contributed by atoms with E-state index in [0.29, 0.717) is 5.56 Å². The maximum atomic E-state index is 13.1. The molecule has 2 aromatic carbocycles. The van der Waals surface area contributed by atoms with Crippen molar-refractivity contribution in [2.45, 2.75) is 18.5 Å². The lowest BCUT2D eigenvalue weighted by Crippen LogP contribution is -2.40. The van der Waals surface area contributed by atoms with E-state index >= 15 is 0 Å². The third-order valence-electron chi connectivity index (χ3n) is 3.99. The molecular formula is C18H9ClF6O3. The molecule has 0 aromatic heterocycles. The van der Waals surface area contributed by atoms with Crippen molar-refractivity contribution < 1.29 is 41.0 Å². The van der Waals surface area contributed by atoms with Gasteiger partial charge in [-0.1, -0.05) is 23.7 Å². The summed E-state index contributed by atoms with van der Waals surface area (Å²) >= 11 is 5.99. The summed E-state index contributed by atoms with van der Waals surface area (Å²) in [5, 5.41) is 8.84. The summed E-state index contributed by atoms with van der Waals surface area (Å²) in [5.41, 5.74) is -1.33. The van der Waals surface area contributed by atoms with Crippen LogP contribution < -0.4 is 4.74 Å². The Kier molecular flexibility index (Phi) is 4.82. The molecular weight excluding hydrogens is 414 g/mol. The fourth-order valence-electron chi connectivity index (χ4n) is 2.71. The van der Waals surface area contributed by atoms with Crippen LogP contribution in [-0.2, 0) is 11.0 Å². The lowest BCUT2D eigenvalue weighted by molar-refractivity contribution is -0.187. The van der Waals surface area contributed by atoms with E-state index in [-0.39, 0.29) is 21.9 Å². The highest BCUT2D eigenvalue weighted by Crippen LogP contribution is 2.43. The number of rotatable bonds is 2. The number of benzene rings is 2. The van der Waals surface area contributed by atoms with Gasteiger partial charge in [0.2, 0.25) is 6.10 Å². The number of carbonyl (C=O) groups is 1. The molecule has 0 saturated heterocycles. The number of aliphatic carboxylic acids is 1. The van der Waals surface area contributed by atoms with E-state index in [0.717, 1.165) is 18.2 Å². The van der Waals surface area contributed by atoms with Crippen LogP contribution in [0.25, 0.3) is 17.2 Å². The van der Waals surface area contributed by atoms with Crippen LogP contribution in [0.3, 0.4) is 0 Å². The molecule has 0 radical (unpaired) electrons. The Morgan fingerprint density at radius 3 is 2.11 bits per heavy atom. The number of halogens is 7. The summed E-state index contributed by atoms with van der Waals surface area (Å²) in [6.07, 6.45) is -11.4. The first-order valence-corrected chi connectivity index (χ1v) is 7.95. The summed E-state index contributed by atoms with van der Waals surface area (Å²) in [5.74, 6) is -2.17. The number of fused-ring (bicyclic) bond motifs is 1. The maximum absolute atomic E-state index is 13.1. The van der Waals surface area contributed by atoms with Crippen LogP contribution in [0.15, 0.2) is 42.0 Å². The molecule has 0 saturated carbocycles. The molecule has 1 atom stereocenters. The van der Waals surface area contributed by atoms with Crippen molar-refractivity contribution in [3.63, 3.8) is 0 Å². The van der Waals surface area contributed by atoms with Crippen LogP contribution in [-0.4, -0.2) is 23.4 Å². The minimum atomic E-state index is -4.97. The van der Waals surface area contributed by atoms with Crippen LogP contribution in [0.4, 0.5) is 26.3 Å². The minimum Gasteiger partial charge on any atom is -0.478 e. The molecule has 28 heavy (non-hydrogen) atoms. The Bertz CT molecular complexity index is 961. The van der Waals surface area contributed by atoms with Crippen LogP contribution in [0, 0.1) is 0 Å². The van der Waals surface area contributed by atoms with Gasteiger partial charge in [0.05, 0.1) is 16.2 Å². The summed E-state index contributed by atoms with van der Waals surface area (Å²) in [4.78, 5) is 11.2. The van der Waals surface area contributed by atoms with Gasteiger partial charge in [-0.3, -0.25) is 0 Å². The van der Waals surface area contributed by atoms with Gasteiger partial charge in [0.15, 0.2) is 0 Å². The third kappa shape index (κ3) is 3.80. The van der Waals surface area contributed by atoms with Gasteiger partial charge in [0.25, 0.3) is 0 Å². The standard InChI is InChI=1S/C18H9ClF6O3/c19-13-7-9(8-1-3-11(4-2-8)17(20,21)22)5-10-6-12(16(26)27)15(18(23,24)25)28-14(10)13/h1-7,15H,(H,26,27). The number of hydrogen-bond donors (Lipinski definition) is 1. The molecule has 0 aliphatic carbocycles. The molecule has 1 aliphatic rings. The van der Waals surface area contributed by atoms with Crippen LogP contribution in [0.1, 0.15) is 11.1 Å². The van der Waals surface area contributed by atoms with Gasteiger partial charge in [0, 0.05) is 5.56 Å². The van der Waals surface area contributed by atoms with Crippen LogP contribution >= 0.6 is 11.6 Å². The second-order valence-electron chi connectivity index (χ2n) is 5.90. The fraction of sp³-hybridized carbons (Fsp3) is 0.167. The summed E-state index contributed by atoms with van der Waals surface area (Å²) in [6, 6.07) is 6.56. The van der Waals surface area contributed by atoms with Crippen molar-refractivity contribution in [1.82, 2.24) is 0 Å². The highest BCUT2D eigenvalue weighted by molar-refractivity contribution is 6.32. The van der Waals surface area contributed by atoms with Gasteiger partial charge in [-0.25, -0.2) is 4.79 Å². The molecule has 1 aliphatic heterocycles. The first kappa shape index (κ1) is 20.1. The number of hydrogen-bond acceptors (Lipinski definition) is 2. The first-order chi connectivity index (χ1) is 12.9. The van der Waals surface area contributed by atoms with Crippen molar-refractivity contribution in [3.05, 3.63) is 58.1 Å². The quantitative estimate of drug-likeness (QED) is 0.621. The zero-order chi connectivity index (χ0) is 20.9. The maximum Gasteiger partial charge on any atom is 0.430 e. The molecule has 3 nitrogen and oxygen atoms in total. The molecule has 0 spiro atoms. The molecule has 0 fully saturated rings. The fourth-order valence-corrected chi connectivity index (χ4v) is 2.98. The Morgan fingerprint density at radius 2 is 1.61 bits per heavy atom. The van der Waals surface area contributed by atoms with E-state index < -0.39 is 35.6 Å². The molecule has 0 bridgehead atoms. The lowest BCUT2D eigenvalue weighted by Gasteiger charge is -2.28. The first-order valence-electron chi connectivity index (χ1n) is 7.57. The smallest absolute Gasteiger partial charge is 0.430 e. The molecule has 148 valence electrons. The van der Waals surface area contributed by atoms with Crippen molar-refractivity contribution in [2.75, 3.05) is 0 Å². The molecule has 0 amide bonds. The highest BCUT2D eigenvalue weighted by atomic mass is 35.5. The van der Waals surface area contributed by atoms with Crippen molar-refractivity contribution in [1.29, 1.82) is 0 Å². The van der Waals surface area contributed by atoms with E-state index in [4.69, 9.17) is 21.4 Å². The summed E-state index contributed by atoms with van der Waals surface area (Å²) < 4.78 is 82.1. The van der Waals surface area contributed by atoms with E-state index in [1.807, 2.05) is 0 Å². The van der Waals surface area contributed by atoms with E-state index in [9.17, 15) is 31.1 Å². The Labute approximate surface area is 158 Å². The normalized spacial score (nSPS) is 16.8. The van der Waals surface area contributed by atoms with Gasteiger partial charge in [-0.05, 0) is 41.5 Å². The number of ether oxygens (including phenoxy) is 1. The molecule has 1 heterocycles. The molecule has 1 N–H and O–H groups in total. The van der Waals surface area contributed by atoms with Crippen LogP contribution in [0.5, 0.6) is 5.75 Å². The van der Waals surface area contributed by atoms with E-state index in [1.165, 1.54) is 24.3 Å². The summed E-state index contributed by atoms with van der Waals surface area (Å²) in [6.45, 7) is 0.